The van der Waals surface area contributed by atoms with Crippen molar-refractivity contribution in [3.05, 3.63) is 39.4 Å². The molecule has 0 heterocycles. The van der Waals surface area contributed by atoms with Crippen molar-refractivity contribution in [1.82, 2.24) is 0 Å². The monoisotopic (exact) mass is 200 g/mol. The van der Waals surface area contributed by atoms with Crippen LogP contribution in [0, 0.1) is 0 Å². The van der Waals surface area contributed by atoms with Crippen molar-refractivity contribution < 1.29 is 0 Å². The molecule has 0 radical (unpaired) electrons. The third-order valence-electron chi connectivity index (χ3n) is 1.34. The minimum Gasteiger partial charge on any atom is -0.0843 e. The second kappa shape index (κ2) is 3.97. The molecule has 0 aliphatic rings. The van der Waals surface area contributed by atoms with Crippen molar-refractivity contribution in [1.29, 1.82) is 0 Å². The molecule has 0 fully saturated rings. The fourth-order valence-corrected chi connectivity index (χ4v) is 1.53. The number of rotatable bonds is 1. The summed E-state index contributed by atoms with van der Waals surface area (Å²) in [6, 6.07) is 5.51. The Morgan fingerprint density at radius 3 is 2.00 bits per heavy atom. The predicted octanol–water partition coefficient (Wildman–Crippen LogP) is 4.42. The lowest BCUT2D eigenvalue weighted by Crippen LogP contribution is -1.74. The maximum atomic E-state index is 5.82. The minimum absolute atomic E-state index is 0.676. The standard InChI is InChI=1S/C10H10Cl2/c1-7(2)3-8-4-9(11)6-10(12)5-8/h3-6H,1-2H3. The molecule has 12 heavy (non-hydrogen) atoms. The van der Waals surface area contributed by atoms with E-state index in [1.165, 1.54) is 5.57 Å². The number of benzene rings is 1. The molecule has 0 atom stereocenters. The van der Waals surface area contributed by atoms with E-state index in [0.717, 1.165) is 5.56 Å². The Balaban J connectivity index is 3.09. The van der Waals surface area contributed by atoms with E-state index in [1.54, 1.807) is 6.07 Å². The third-order valence-corrected chi connectivity index (χ3v) is 1.78. The molecule has 0 bridgehead atoms. The molecule has 0 N–H and O–H groups in total. The van der Waals surface area contributed by atoms with Crippen LogP contribution in [0.25, 0.3) is 6.08 Å². The van der Waals surface area contributed by atoms with Crippen molar-refractivity contribution in [2.45, 2.75) is 13.8 Å². The molecule has 0 aliphatic heterocycles. The van der Waals surface area contributed by atoms with Gasteiger partial charge in [-0.25, -0.2) is 0 Å². The molecule has 2 heteroatoms. The van der Waals surface area contributed by atoms with E-state index in [1.807, 2.05) is 32.1 Å². The number of allylic oxidation sites excluding steroid dienone is 1. The van der Waals surface area contributed by atoms with Gasteiger partial charge in [-0.15, -0.1) is 0 Å². The molecule has 1 aromatic carbocycles. The predicted molar refractivity (Wildman–Crippen MR) is 55.8 cm³/mol. The molecule has 0 nitrogen and oxygen atoms in total. The van der Waals surface area contributed by atoms with Gasteiger partial charge in [0.15, 0.2) is 0 Å². The fourth-order valence-electron chi connectivity index (χ4n) is 0.992. The van der Waals surface area contributed by atoms with Crippen LogP contribution in [0.1, 0.15) is 19.4 Å². The van der Waals surface area contributed by atoms with Crippen molar-refractivity contribution in [3.63, 3.8) is 0 Å². The van der Waals surface area contributed by atoms with Crippen LogP contribution in [-0.2, 0) is 0 Å². The minimum atomic E-state index is 0.676. The topological polar surface area (TPSA) is 0 Å². The molecule has 0 amide bonds. The van der Waals surface area contributed by atoms with Crippen molar-refractivity contribution in [2.24, 2.45) is 0 Å². The molecule has 0 unspecified atom stereocenters. The molecular formula is C10H10Cl2. The van der Waals surface area contributed by atoms with Crippen LogP contribution in [0.3, 0.4) is 0 Å². The summed E-state index contributed by atoms with van der Waals surface area (Å²) in [5.41, 5.74) is 2.28. The van der Waals surface area contributed by atoms with E-state index in [2.05, 4.69) is 0 Å². The second-order valence-electron chi connectivity index (χ2n) is 2.92. The van der Waals surface area contributed by atoms with E-state index in [-0.39, 0.29) is 0 Å². The summed E-state index contributed by atoms with van der Waals surface area (Å²) >= 11 is 11.6. The van der Waals surface area contributed by atoms with Gasteiger partial charge in [-0.05, 0) is 37.6 Å². The fraction of sp³-hybridized carbons (Fsp3) is 0.200. The highest BCUT2D eigenvalue weighted by molar-refractivity contribution is 6.34. The van der Waals surface area contributed by atoms with Crippen LogP contribution < -0.4 is 0 Å². The molecule has 1 rings (SSSR count). The van der Waals surface area contributed by atoms with Gasteiger partial charge < -0.3 is 0 Å². The highest BCUT2D eigenvalue weighted by Gasteiger charge is 1.94. The molecule has 64 valence electrons. The van der Waals surface area contributed by atoms with Crippen molar-refractivity contribution in [3.8, 4) is 0 Å². The molecule has 1 aromatic rings. The summed E-state index contributed by atoms with van der Waals surface area (Å²) in [5.74, 6) is 0. The highest BCUT2D eigenvalue weighted by Crippen LogP contribution is 2.20. The van der Waals surface area contributed by atoms with Crippen LogP contribution in [0.2, 0.25) is 10.0 Å². The summed E-state index contributed by atoms with van der Waals surface area (Å²) in [6.45, 7) is 4.07. The molecule has 0 saturated carbocycles. The average Bonchev–Trinajstić information content (AvgIpc) is 1.81. The lowest BCUT2D eigenvalue weighted by molar-refractivity contribution is 1.42. The summed E-state index contributed by atoms with van der Waals surface area (Å²) in [6.07, 6.45) is 2.04. The first-order valence-corrected chi connectivity index (χ1v) is 4.44. The lowest BCUT2D eigenvalue weighted by atomic mass is 10.1. The Bertz CT molecular complexity index is 289. The van der Waals surface area contributed by atoms with Crippen molar-refractivity contribution in [2.75, 3.05) is 0 Å². The molecular weight excluding hydrogens is 191 g/mol. The number of halogens is 2. The van der Waals surface area contributed by atoms with E-state index in [9.17, 15) is 0 Å². The van der Waals surface area contributed by atoms with Crippen LogP contribution in [0.4, 0.5) is 0 Å². The van der Waals surface area contributed by atoms with Gasteiger partial charge >= 0.3 is 0 Å². The zero-order chi connectivity index (χ0) is 9.14. The van der Waals surface area contributed by atoms with Gasteiger partial charge in [-0.3, -0.25) is 0 Å². The highest BCUT2D eigenvalue weighted by atomic mass is 35.5. The Morgan fingerprint density at radius 1 is 1.08 bits per heavy atom. The molecule has 0 spiro atoms. The third kappa shape index (κ3) is 2.88. The first kappa shape index (κ1) is 9.63. The number of hydrogen-bond donors (Lipinski definition) is 0. The van der Waals surface area contributed by atoms with E-state index < -0.39 is 0 Å². The molecule has 0 aromatic heterocycles. The Kier molecular flexibility index (Phi) is 3.19. The lowest BCUT2D eigenvalue weighted by Gasteiger charge is -1.97. The van der Waals surface area contributed by atoms with Gasteiger partial charge in [0.25, 0.3) is 0 Å². The first-order chi connectivity index (χ1) is 5.58. The van der Waals surface area contributed by atoms with Crippen LogP contribution in [0.15, 0.2) is 23.8 Å². The van der Waals surface area contributed by atoms with Crippen LogP contribution in [0.5, 0.6) is 0 Å². The summed E-state index contributed by atoms with van der Waals surface area (Å²) in [4.78, 5) is 0. The second-order valence-corrected chi connectivity index (χ2v) is 3.80. The van der Waals surface area contributed by atoms with E-state index in [4.69, 9.17) is 23.2 Å². The Labute approximate surface area is 82.8 Å². The maximum absolute atomic E-state index is 5.82. The van der Waals surface area contributed by atoms with Gasteiger partial charge in [0.1, 0.15) is 0 Å². The van der Waals surface area contributed by atoms with E-state index in [0.29, 0.717) is 10.0 Å². The maximum Gasteiger partial charge on any atom is 0.0426 e. The largest absolute Gasteiger partial charge is 0.0843 e. The zero-order valence-electron chi connectivity index (χ0n) is 7.07. The zero-order valence-corrected chi connectivity index (χ0v) is 8.58. The SMILES string of the molecule is CC(C)=Cc1cc(Cl)cc(Cl)c1. The Morgan fingerprint density at radius 2 is 1.58 bits per heavy atom. The van der Waals surface area contributed by atoms with Gasteiger partial charge in [-0.2, -0.15) is 0 Å². The average molecular weight is 201 g/mol. The Hall–Kier alpha value is -0.460. The molecule has 0 aliphatic carbocycles. The van der Waals surface area contributed by atoms with Crippen LogP contribution >= 0.6 is 23.2 Å². The van der Waals surface area contributed by atoms with Crippen molar-refractivity contribution >= 4 is 29.3 Å². The smallest absolute Gasteiger partial charge is 0.0426 e. The van der Waals surface area contributed by atoms with Gasteiger partial charge in [0.2, 0.25) is 0 Å². The van der Waals surface area contributed by atoms with Gasteiger partial charge in [0.05, 0.1) is 0 Å². The van der Waals surface area contributed by atoms with Gasteiger partial charge in [-0.1, -0.05) is 34.9 Å². The summed E-state index contributed by atoms with van der Waals surface area (Å²) in [7, 11) is 0. The first-order valence-electron chi connectivity index (χ1n) is 3.69. The quantitative estimate of drug-likeness (QED) is 0.630. The van der Waals surface area contributed by atoms with E-state index >= 15 is 0 Å². The molecule has 0 saturated heterocycles. The summed E-state index contributed by atoms with van der Waals surface area (Å²) < 4.78 is 0. The van der Waals surface area contributed by atoms with Gasteiger partial charge in [0, 0.05) is 10.0 Å². The normalized spacial score (nSPS) is 9.67. The number of hydrogen-bond acceptors (Lipinski definition) is 0. The summed E-state index contributed by atoms with van der Waals surface area (Å²) in [5, 5.41) is 1.35. The van der Waals surface area contributed by atoms with Crippen LogP contribution in [-0.4, -0.2) is 0 Å².